The molecule has 0 bridgehead atoms. The zero-order chi connectivity index (χ0) is 34.5. The Bertz CT molecular complexity index is 1920. The molecule has 4 aliphatic rings. The minimum Gasteiger partial charge on any atom is -0.475 e. The molecule has 6 heterocycles. The fourth-order valence-electron chi connectivity index (χ4n) is 6.85. The highest BCUT2D eigenvalue weighted by atomic mass is 19.4. The standard InChI is InChI=1S/C32H30FN7O2.C2HF3O2/c33-25-13-21(20-6-8-22(9-7-20)39-17-32(18-39)15-34-16-32)12-23-24(25)14-40(31(23)42)29(28-26-4-3-11-38(26)19-36-28)30(41)37-27-5-1-2-10-35-27;3-2(4,5)1(6)7/h1-2,5-10,12-13,19,29,34H,3-4,11,14-18H2,(H,35,37,41);(H,6,7). The SMILES string of the molecule is O=C(Nc1ccccn1)C(c1ncn2c1CCC2)N1Cc2c(F)cc(-c3ccc(N4CC5(CNC5)C4)cc3)cc2C1=O.O=C(O)C(F)(F)F. The van der Waals surface area contributed by atoms with Crippen molar-refractivity contribution in [2.75, 3.05) is 36.4 Å². The molecule has 3 N–H and O–H groups in total. The molecule has 1 atom stereocenters. The molecule has 0 radical (unpaired) electrons. The maximum atomic E-state index is 15.6. The van der Waals surface area contributed by atoms with Crippen LogP contribution in [0.5, 0.6) is 0 Å². The number of aromatic nitrogens is 3. The average Bonchev–Trinajstić information content (AvgIpc) is 3.74. The number of nitrogens with zero attached hydrogens (tertiary/aromatic N) is 5. The summed E-state index contributed by atoms with van der Waals surface area (Å²) in [7, 11) is 0. The van der Waals surface area contributed by atoms with E-state index in [1.165, 1.54) is 11.0 Å². The molecule has 2 fully saturated rings. The molecule has 1 unspecified atom stereocenters. The largest absolute Gasteiger partial charge is 0.490 e. The second-order valence-electron chi connectivity index (χ2n) is 12.7. The molecule has 2 aromatic carbocycles. The summed E-state index contributed by atoms with van der Waals surface area (Å²) >= 11 is 0. The van der Waals surface area contributed by atoms with Crippen molar-refractivity contribution in [3.05, 3.63) is 95.5 Å². The third-order valence-corrected chi connectivity index (χ3v) is 9.40. The average molecular weight is 678 g/mol. The third-order valence-electron chi connectivity index (χ3n) is 9.40. The summed E-state index contributed by atoms with van der Waals surface area (Å²) < 4.78 is 49.4. The van der Waals surface area contributed by atoms with Crippen molar-refractivity contribution < 1.29 is 37.1 Å². The van der Waals surface area contributed by atoms with Gasteiger partial charge >= 0.3 is 12.1 Å². The number of fused-ring (bicyclic) bond motifs is 2. The van der Waals surface area contributed by atoms with Crippen LogP contribution in [-0.2, 0) is 29.1 Å². The highest BCUT2D eigenvalue weighted by Crippen LogP contribution is 2.40. The van der Waals surface area contributed by atoms with Crippen LogP contribution in [0.15, 0.2) is 67.1 Å². The van der Waals surface area contributed by atoms with Gasteiger partial charge in [0.15, 0.2) is 6.04 Å². The quantitative estimate of drug-likeness (QED) is 0.256. The maximum absolute atomic E-state index is 15.6. The van der Waals surface area contributed by atoms with E-state index < -0.39 is 29.9 Å². The number of carboxylic acid groups (broad SMARTS) is 1. The minimum absolute atomic E-state index is 0.0165. The lowest BCUT2D eigenvalue weighted by Gasteiger charge is -2.57. The number of amides is 2. The molecule has 0 saturated carbocycles. The molecule has 2 saturated heterocycles. The van der Waals surface area contributed by atoms with E-state index in [1.807, 2.05) is 16.7 Å². The Morgan fingerprint density at radius 1 is 1.02 bits per heavy atom. The predicted molar refractivity (Wildman–Crippen MR) is 169 cm³/mol. The number of pyridine rings is 1. The maximum Gasteiger partial charge on any atom is 0.490 e. The Labute approximate surface area is 277 Å². The van der Waals surface area contributed by atoms with Crippen LogP contribution in [0.4, 0.5) is 29.1 Å². The number of carbonyl (C=O) groups excluding carboxylic acids is 2. The van der Waals surface area contributed by atoms with Gasteiger partial charge in [-0.05, 0) is 60.4 Å². The van der Waals surface area contributed by atoms with Gasteiger partial charge in [-0.25, -0.2) is 19.2 Å². The van der Waals surface area contributed by atoms with Crippen LogP contribution in [0.1, 0.15) is 39.8 Å². The second kappa shape index (κ2) is 12.3. The molecule has 11 nitrogen and oxygen atoms in total. The van der Waals surface area contributed by atoms with Gasteiger partial charge in [0.05, 0.1) is 18.6 Å². The summed E-state index contributed by atoms with van der Waals surface area (Å²) in [5.74, 6) is -3.65. The van der Waals surface area contributed by atoms with Crippen molar-refractivity contribution in [3.63, 3.8) is 0 Å². The highest BCUT2D eigenvalue weighted by Gasteiger charge is 2.47. The zero-order valence-electron chi connectivity index (χ0n) is 26.0. The molecule has 0 aliphatic carbocycles. The van der Waals surface area contributed by atoms with Gasteiger partial charge in [-0.15, -0.1) is 0 Å². The second-order valence-corrected chi connectivity index (χ2v) is 12.7. The van der Waals surface area contributed by atoms with Gasteiger partial charge in [-0.2, -0.15) is 13.2 Å². The number of anilines is 2. The molecule has 8 rings (SSSR count). The van der Waals surface area contributed by atoms with E-state index in [4.69, 9.17) is 9.90 Å². The molecule has 4 aliphatic heterocycles. The third kappa shape index (κ3) is 6.09. The summed E-state index contributed by atoms with van der Waals surface area (Å²) in [6, 6.07) is 15.5. The number of halogens is 4. The van der Waals surface area contributed by atoms with Gasteiger partial charge in [0.1, 0.15) is 11.6 Å². The highest BCUT2D eigenvalue weighted by molar-refractivity contribution is 6.04. The van der Waals surface area contributed by atoms with E-state index in [-0.39, 0.29) is 18.0 Å². The van der Waals surface area contributed by atoms with Crippen molar-refractivity contribution in [2.45, 2.75) is 38.1 Å². The number of rotatable bonds is 6. The van der Waals surface area contributed by atoms with Gasteiger partial charge < -0.3 is 30.1 Å². The molecule has 1 spiro atoms. The molecule has 254 valence electrons. The van der Waals surface area contributed by atoms with E-state index in [0.29, 0.717) is 28.1 Å². The lowest BCUT2D eigenvalue weighted by molar-refractivity contribution is -0.192. The zero-order valence-corrected chi connectivity index (χ0v) is 26.0. The van der Waals surface area contributed by atoms with Crippen LogP contribution in [0.25, 0.3) is 11.1 Å². The smallest absolute Gasteiger partial charge is 0.475 e. The monoisotopic (exact) mass is 677 g/mol. The molecule has 49 heavy (non-hydrogen) atoms. The Kier molecular flexibility index (Phi) is 8.09. The van der Waals surface area contributed by atoms with Crippen LogP contribution in [0.3, 0.4) is 0 Å². The van der Waals surface area contributed by atoms with Crippen LogP contribution >= 0.6 is 0 Å². The van der Waals surface area contributed by atoms with Crippen molar-refractivity contribution in [2.24, 2.45) is 5.41 Å². The number of nitrogens with one attached hydrogen (secondary N) is 2. The number of carbonyl (C=O) groups is 3. The molecular formula is C34H31F4N7O4. The first-order chi connectivity index (χ1) is 23.4. The van der Waals surface area contributed by atoms with Crippen LogP contribution < -0.4 is 15.5 Å². The number of aliphatic carboxylic acids is 1. The van der Waals surface area contributed by atoms with Gasteiger partial charge in [-0.1, -0.05) is 18.2 Å². The van der Waals surface area contributed by atoms with Gasteiger partial charge in [0.2, 0.25) is 0 Å². The predicted octanol–water partition coefficient (Wildman–Crippen LogP) is 4.41. The van der Waals surface area contributed by atoms with E-state index in [1.54, 1.807) is 36.8 Å². The fourth-order valence-corrected chi connectivity index (χ4v) is 6.85. The van der Waals surface area contributed by atoms with Gasteiger partial charge in [-0.3, -0.25) is 9.59 Å². The van der Waals surface area contributed by atoms with Crippen molar-refractivity contribution in [3.8, 4) is 11.1 Å². The van der Waals surface area contributed by atoms with E-state index >= 15 is 4.39 Å². The Hall–Kier alpha value is -5.31. The number of carboxylic acids is 1. The van der Waals surface area contributed by atoms with Crippen molar-refractivity contribution in [1.82, 2.24) is 24.8 Å². The number of alkyl halides is 3. The van der Waals surface area contributed by atoms with Crippen molar-refractivity contribution >= 4 is 29.3 Å². The summed E-state index contributed by atoms with van der Waals surface area (Å²) in [4.78, 5) is 49.2. The molecule has 2 amide bonds. The molecule has 4 aromatic rings. The fraction of sp³-hybridized carbons (Fsp3) is 0.324. The van der Waals surface area contributed by atoms with E-state index in [9.17, 15) is 22.8 Å². The Morgan fingerprint density at radius 2 is 1.76 bits per heavy atom. The summed E-state index contributed by atoms with van der Waals surface area (Å²) in [6.07, 6.45) is -0.0648. The Balaban J connectivity index is 0.000000491. The number of aryl methyl sites for hydroxylation is 1. The molecule has 15 heteroatoms. The van der Waals surface area contributed by atoms with E-state index in [0.717, 1.165) is 62.5 Å². The van der Waals surface area contributed by atoms with Crippen LogP contribution in [0.2, 0.25) is 0 Å². The first-order valence-corrected chi connectivity index (χ1v) is 15.7. The first kappa shape index (κ1) is 32.2. The van der Waals surface area contributed by atoms with E-state index in [2.05, 4.69) is 37.6 Å². The molecule has 2 aromatic heterocycles. The minimum atomic E-state index is -5.08. The van der Waals surface area contributed by atoms with Crippen LogP contribution in [0, 0.1) is 11.2 Å². The van der Waals surface area contributed by atoms with Crippen molar-refractivity contribution in [1.29, 1.82) is 0 Å². The summed E-state index contributed by atoms with van der Waals surface area (Å²) in [5.41, 5.74) is 5.09. The number of hydrogen-bond acceptors (Lipinski definition) is 7. The normalized spacial score (nSPS) is 17.8. The lowest BCUT2D eigenvalue weighted by atomic mass is 9.74. The van der Waals surface area contributed by atoms with Gasteiger partial charge in [0, 0.05) is 66.8 Å². The summed E-state index contributed by atoms with van der Waals surface area (Å²) in [6.45, 7) is 5.05. The van der Waals surface area contributed by atoms with Crippen LogP contribution in [-0.4, -0.2) is 74.7 Å². The Morgan fingerprint density at radius 3 is 2.39 bits per heavy atom. The summed E-state index contributed by atoms with van der Waals surface area (Å²) in [5, 5.41) is 13.3. The number of imidazole rings is 1. The topological polar surface area (TPSA) is 133 Å². The lowest BCUT2D eigenvalue weighted by Crippen LogP contribution is -2.71. The number of benzene rings is 2. The van der Waals surface area contributed by atoms with Gasteiger partial charge in [0.25, 0.3) is 11.8 Å². The first-order valence-electron chi connectivity index (χ1n) is 15.7. The number of hydrogen-bond donors (Lipinski definition) is 3. The molecular weight excluding hydrogens is 646 g/mol.